The molecule has 1 heterocycles. The van der Waals surface area contributed by atoms with E-state index in [1.807, 2.05) is 0 Å². The van der Waals surface area contributed by atoms with E-state index in [1.54, 1.807) is 0 Å². The summed E-state index contributed by atoms with van der Waals surface area (Å²) in [6, 6.07) is -0.908. The molecule has 0 saturated carbocycles. The van der Waals surface area contributed by atoms with Gasteiger partial charge < -0.3 is 0 Å². The molecule has 0 aromatic carbocycles. The number of rotatable bonds is 2. The normalized spacial score (nSPS) is 23.5. The van der Waals surface area contributed by atoms with E-state index in [2.05, 4.69) is 5.32 Å². The highest BCUT2D eigenvalue weighted by molar-refractivity contribution is 6.00. The van der Waals surface area contributed by atoms with Gasteiger partial charge in [-0.05, 0) is 6.42 Å². The zero-order valence-electron chi connectivity index (χ0n) is 8.10. The van der Waals surface area contributed by atoms with Crippen molar-refractivity contribution >= 4 is 11.8 Å². The van der Waals surface area contributed by atoms with E-state index in [9.17, 15) is 22.8 Å². The Morgan fingerprint density at radius 2 is 2.07 bits per heavy atom. The van der Waals surface area contributed by atoms with Crippen LogP contribution in [-0.2, 0) is 9.59 Å². The third kappa shape index (κ3) is 3.19. The summed E-state index contributed by atoms with van der Waals surface area (Å²) in [6.45, 7) is -1.22. The van der Waals surface area contributed by atoms with Gasteiger partial charge in [-0.2, -0.15) is 13.2 Å². The summed E-state index contributed by atoms with van der Waals surface area (Å²) in [4.78, 5) is 23.2. The lowest BCUT2D eigenvalue weighted by Gasteiger charge is -2.28. The molecule has 1 rings (SSSR count). The first-order valence-corrected chi connectivity index (χ1v) is 4.42. The summed E-state index contributed by atoms with van der Waals surface area (Å²) >= 11 is 0. The number of halogens is 3. The maximum atomic E-state index is 11.9. The minimum atomic E-state index is -4.35. The highest BCUT2D eigenvalue weighted by Crippen LogP contribution is 2.16. The molecule has 15 heavy (non-hydrogen) atoms. The Morgan fingerprint density at radius 1 is 1.47 bits per heavy atom. The molecule has 1 N–H and O–H groups in total. The SMILES string of the molecule is CN1C(=O)CCC(NCC(F)(F)F)C1=O. The smallest absolute Gasteiger partial charge is 0.298 e. The van der Waals surface area contributed by atoms with E-state index < -0.39 is 24.7 Å². The lowest BCUT2D eigenvalue weighted by atomic mass is 10.0. The first-order chi connectivity index (χ1) is 6.81. The molecule has 1 fully saturated rings. The maximum Gasteiger partial charge on any atom is 0.401 e. The minimum Gasteiger partial charge on any atom is -0.298 e. The average Bonchev–Trinajstić information content (AvgIpc) is 2.12. The van der Waals surface area contributed by atoms with Gasteiger partial charge in [0.1, 0.15) is 0 Å². The third-order valence-corrected chi connectivity index (χ3v) is 2.20. The van der Waals surface area contributed by atoms with Crippen LogP contribution in [0.4, 0.5) is 13.2 Å². The van der Waals surface area contributed by atoms with Gasteiger partial charge in [-0.25, -0.2) is 0 Å². The fourth-order valence-electron chi connectivity index (χ4n) is 1.34. The Kier molecular flexibility index (Phi) is 3.33. The number of imide groups is 1. The molecule has 0 radical (unpaired) electrons. The van der Waals surface area contributed by atoms with E-state index >= 15 is 0 Å². The number of alkyl halides is 3. The summed E-state index contributed by atoms with van der Waals surface area (Å²) in [5.41, 5.74) is 0. The predicted molar refractivity (Wildman–Crippen MR) is 44.9 cm³/mol. The Morgan fingerprint density at radius 3 is 2.60 bits per heavy atom. The number of hydrogen-bond acceptors (Lipinski definition) is 3. The van der Waals surface area contributed by atoms with E-state index in [1.165, 1.54) is 7.05 Å². The predicted octanol–water partition coefficient (Wildman–Crippen LogP) is 0.286. The molecule has 2 amide bonds. The van der Waals surface area contributed by atoms with Crippen molar-refractivity contribution in [3.05, 3.63) is 0 Å². The zero-order chi connectivity index (χ0) is 11.6. The van der Waals surface area contributed by atoms with Crippen LogP contribution in [0, 0.1) is 0 Å². The number of amides is 2. The fraction of sp³-hybridized carbons (Fsp3) is 0.750. The van der Waals surface area contributed by atoms with Crippen LogP contribution >= 0.6 is 0 Å². The average molecular weight is 224 g/mol. The van der Waals surface area contributed by atoms with Crippen LogP contribution in [-0.4, -0.2) is 42.5 Å². The standard InChI is InChI=1S/C8H11F3N2O2/c1-13-6(14)3-2-5(7(13)15)12-4-8(9,10)11/h5,12H,2-4H2,1H3. The molecule has 1 atom stereocenters. The number of likely N-dealkylation sites (N-methyl/N-ethyl adjacent to an activating group) is 1. The second-order valence-electron chi connectivity index (χ2n) is 3.38. The van der Waals surface area contributed by atoms with Crippen molar-refractivity contribution in [3.63, 3.8) is 0 Å². The lowest BCUT2D eigenvalue weighted by molar-refractivity contribution is -0.150. The van der Waals surface area contributed by atoms with Gasteiger partial charge in [0.2, 0.25) is 11.8 Å². The zero-order valence-corrected chi connectivity index (χ0v) is 8.10. The number of nitrogens with one attached hydrogen (secondary N) is 1. The van der Waals surface area contributed by atoms with Crippen molar-refractivity contribution in [1.82, 2.24) is 10.2 Å². The van der Waals surface area contributed by atoms with E-state index in [4.69, 9.17) is 0 Å². The van der Waals surface area contributed by atoms with Gasteiger partial charge in [-0.1, -0.05) is 0 Å². The second-order valence-corrected chi connectivity index (χ2v) is 3.38. The molecule has 7 heteroatoms. The van der Waals surface area contributed by atoms with Crippen molar-refractivity contribution in [2.75, 3.05) is 13.6 Å². The van der Waals surface area contributed by atoms with Crippen molar-refractivity contribution < 1.29 is 22.8 Å². The Hall–Kier alpha value is -1.11. The van der Waals surface area contributed by atoms with Crippen LogP contribution in [0.25, 0.3) is 0 Å². The van der Waals surface area contributed by atoms with Crippen LogP contribution in [0.5, 0.6) is 0 Å². The molecule has 4 nitrogen and oxygen atoms in total. The van der Waals surface area contributed by atoms with Crippen LogP contribution in [0.3, 0.4) is 0 Å². The summed E-state index contributed by atoms with van der Waals surface area (Å²) in [7, 11) is 1.27. The number of carbonyl (C=O) groups excluding carboxylic acids is 2. The largest absolute Gasteiger partial charge is 0.401 e. The van der Waals surface area contributed by atoms with Gasteiger partial charge in [0, 0.05) is 13.5 Å². The van der Waals surface area contributed by atoms with Gasteiger partial charge in [-0.15, -0.1) is 0 Å². The van der Waals surface area contributed by atoms with Crippen molar-refractivity contribution in [2.24, 2.45) is 0 Å². The molecule has 1 aliphatic rings. The summed E-state index contributed by atoms with van der Waals surface area (Å²) < 4.78 is 35.6. The first-order valence-electron chi connectivity index (χ1n) is 4.42. The minimum absolute atomic E-state index is 0.0950. The maximum absolute atomic E-state index is 11.9. The quantitative estimate of drug-likeness (QED) is 0.686. The lowest BCUT2D eigenvalue weighted by Crippen LogP contribution is -2.53. The van der Waals surface area contributed by atoms with Crippen molar-refractivity contribution in [3.8, 4) is 0 Å². The molecule has 0 aromatic heterocycles. The van der Waals surface area contributed by atoms with Crippen LogP contribution in [0.1, 0.15) is 12.8 Å². The van der Waals surface area contributed by atoms with Gasteiger partial charge >= 0.3 is 6.18 Å². The summed E-state index contributed by atoms with van der Waals surface area (Å²) in [5, 5.41) is 2.09. The summed E-state index contributed by atoms with van der Waals surface area (Å²) in [5.74, 6) is -0.958. The molecule has 0 bridgehead atoms. The molecule has 1 aliphatic heterocycles. The van der Waals surface area contributed by atoms with Gasteiger partial charge in [0.25, 0.3) is 0 Å². The van der Waals surface area contributed by atoms with E-state index in [-0.39, 0.29) is 18.7 Å². The van der Waals surface area contributed by atoms with Crippen LogP contribution in [0.2, 0.25) is 0 Å². The Bertz CT molecular complexity index is 278. The molecule has 1 unspecified atom stereocenters. The molecule has 86 valence electrons. The highest BCUT2D eigenvalue weighted by Gasteiger charge is 2.35. The number of nitrogens with zero attached hydrogens (tertiary/aromatic N) is 1. The molecular weight excluding hydrogens is 213 g/mol. The van der Waals surface area contributed by atoms with Crippen LogP contribution in [0.15, 0.2) is 0 Å². The molecule has 0 spiro atoms. The topological polar surface area (TPSA) is 49.4 Å². The molecular formula is C8H11F3N2O2. The van der Waals surface area contributed by atoms with Crippen molar-refractivity contribution in [1.29, 1.82) is 0 Å². The molecule has 1 saturated heterocycles. The molecule has 0 aromatic rings. The van der Waals surface area contributed by atoms with Crippen LogP contribution < -0.4 is 5.32 Å². The van der Waals surface area contributed by atoms with Gasteiger partial charge in [0.05, 0.1) is 12.6 Å². The Balaban J connectivity index is 2.50. The highest BCUT2D eigenvalue weighted by atomic mass is 19.4. The third-order valence-electron chi connectivity index (χ3n) is 2.20. The monoisotopic (exact) mass is 224 g/mol. The number of hydrogen-bond donors (Lipinski definition) is 1. The van der Waals surface area contributed by atoms with E-state index in [0.717, 1.165) is 4.90 Å². The summed E-state index contributed by atoms with van der Waals surface area (Å²) in [6.07, 6.45) is -4.13. The van der Waals surface area contributed by atoms with Crippen molar-refractivity contribution in [2.45, 2.75) is 25.1 Å². The van der Waals surface area contributed by atoms with E-state index in [0.29, 0.717) is 0 Å². The first kappa shape index (κ1) is 12.0. The van der Waals surface area contributed by atoms with Gasteiger partial charge in [-0.3, -0.25) is 19.8 Å². The molecule has 0 aliphatic carbocycles. The number of piperidine rings is 1. The number of carbonyl (C=O) groups is 2. The second kappa shape index (κ2) is 4.18. The fourth-order valence-corrected chi connectivity index (χ4v) is 1.34. The Labute approximate surface area is 84.4 Å². The van der Waals surface area contributed by atoms with Gasteiger partial charge in [0.15, 0.2) is 0 Å². The number of likely N-dealkylation sites (tertiary alicyclic amines) is 1.